The maximum Gasteiger partial charge on any atom is 0.245 e. The van der Waals surface area contributed by atoms with E-state index in [9.17, 15) is 18.0 Å². The fraction of sp³-hybridized carbons (Fsp3) is 0.231. The highest BCUT2D eigenvalue weighted by molar-refractivity contribution is 9.10. The Hall–Kier alpha value is -2.97. The third-order valence-electron chi connectivity index (χ3n) is 5.22. The Bertz CT molecular complexity index is 1300. The van der Waals surface area contributed by atoms with E-state index >= 15 is 0 Å². The van der Waals surface area contributed by atoms with Gasteiger partial charge in [-0.1, -0.05) is 73.1 Å². The summed E-state index contributed by atoms with van der Waals surface area (Å²) < 4.78 is 26.4. The predicted molar refractivity (Wildman–Crippen MR) is 140 cm³/mol. The Morgan fingerprint density at radius 3 is 2.09 bits per heavy atom. The molecule has 0 saturated heterocycles. The van der Waals surface area contributed by atoms with Gasteiger partial charge in [-0.15, -0.1) is 0 Å². The van der Waals surface area contributed by atoms with Gasteiger partial charge in [0, 0.05) is 21.3 Å². The second-order valence-electron chi connectivity index (χ2n) is 9.03. The molecule has 0 radical (unpaired) electrons. The number of anilines is 2. The molecule has 0 unspecified atom stereocenters. The first-order valence-electron chi connectivity index (χ1n) is 10.6. The number of ketones is 1. The van der Waals surface area contributed by atoms with Crippen molar-refractivity contribution in [1.29, 1.82) is 0 Å². The van der Waals surface area contributed by atoms with Gasteiger partial charge in [0.05, 0.1) is 11.9 Å². The van der Waals surface area contributed by atoms with E-state index in [2.05, 4.69) is 42.0 Å². The monoisotopic (exact) mass is 542 g/mol. The molecule has 178 valence electrons. The molecule has 3 rings (SSSR count). The maximum atomic E-state index is 13.0. The van der Waals surface area contributed by atoms with Gasteiger partial charge in [-0.25, -0.2) is 8.42 Å². The zero-order valence-corrected chi connectivity index (χ0v) is 21.9. The van der Waals surface area contributed by atoms with Crippen LogP contribution in [0.5, 0.6) is 0 Å². The zero-order chi connectivity index (χ0) is 25.1. The number of nitrogens with one attached hydrogen (secondary N) is 1. The Labute approximate surface area is 209 Å². The van der Waals surface area contributed by atoms with Crippen molar-refractivity contribution in [2.24, 2.45) is 0 Å². The second-order valence-corrected chi connectivity index (χ2v) is 11.9. The van der Waals surface area contributed by atoms with Crippen LogP contribution < -0.4 is 9.62 Å². The molecule has 1 amide bonds. The Balaban J connectivity index is 1.75. The van der Waals surface area contributed by atoms with Gasteiger partial charge in [0.15, 0.2) is 5.78 Å². The zero-order valence-electron chi connectivity index (χ0n) is 19.5. The maximum absolute atomic E-state index is 13.0. The molecule has 0 spiro atoms. The first kappa shape index (κ1) is 25.6. The lowest BCUT2D eigenvalue weighted by Gasteiger charge is -2.22. The van der Waals surface area contributed by atoms with Crippen molar-refractivity contribution in [3.8, 4) is 0 Å². The van der Waals surface area contributed by atoms with E-state index in [1.54, 1.807) is 60.7 Å². The third-order valence-corrected chi connectivity index (χ3v) is 6.89. The van der Waals surface area contributed by atoms with Crippen LogP contribution in [-0.4, -0.2) is 32.9 Å². The van der Waals surface area contributed by atoms with E-state index in [0.717, 1.165) is 20.6 Å². The SMILES string of the molecule is CC(C)(C)c1ccc(C(=O)c2cccc(NC(=O)CN(c3ccc(Br)cc3)S(C)(=O)=O)c2)cc1. The normalized spacial score (nSPS) is 11.7. The second kappa shape index (κ2) is 10.1. The molecule has 0 heterocycles. The van der Waals surface area contributed by atoms with Crippen LogP contribution in [0.1, 0.15) is 42.3 Å². The lowest BCUT2D eigenvalue weighted by molar-refractivity contribution is -0.114. The summed E-state index contributed by atoms with van der Waals surface area (Å²) in [6.45, 7) is 5.93. The van der Waals surface area contributed by atoms with Gasteiger partial charge in [0.2, 0.25) is 15.9 Å². The van der Waals surface area contributed by atoms with E-state index in [1.165, 1.54) is 0 Å². The average Bonchev–Trinajstić information content (AvgIpc) is 2.77. The van der Waals surface area contributed by atoms with Crippen LogP contribution in [0.3, 0.4) is 0 Å². The lowest BCUT2D eigenvalue weighted by Crippen LogP contribution is -2.37. The fourth-order valence-electron chi connectivity index (χ4n) is 3.36. The summed E-state index contributed by atoms with van der Waals surface area (Å²) in [7, 11) is -3.69. The topological polar surface area (TPSA) is 83.6 Å². The Morgan fingerprint density at radius 2 is 1.53 bits per heavy atom. The molecule has 0 bridgehead atoms. The molecule has 0 aliphatic carbocycles. The highest BCUT2D eigenvalue weighted by Crippen LogP contribution is 2.24. The summed E-state index contributed by atoms with van der Waals surface area (Å²) >= 11 is 3.31. The van der Waals surface area contributed by atoms with Crippen molar-refractivity contribution >= 4 is 49.0 Å². The minimum Gasteiger partial charge on any atom is -0.324 e. The van der Waals surface area contributed by atoms with Gasteiger partial charge in [0.1, 0.15) is 6.54 Å². The van der Waals surface area contributed by atoms with Gasteiger partial charge in [-0.2, -0.15) is 0 Å². The lowest BCUT2D eigenvalue weighted by atomic mass is 9.86. The van der Waals surface area contributed by atoms with Crippen molar-refractivity contribution in [2.75, 3.05) is 22.4 Å². The van der Waals surface area contributed by atoms with Gasteiger partial charge in [-0.3, -0.25) is 13.9 Å². The molecule has 8 heteroatoms. The van der Waals surface area contributed by atoms with Gasteiger partial charge >= 0.3 is 0 Å². The molecular weight excluding hydrogens is 516 g/mol. The van der Waals surface area contributed by atoms with Crippen molar-refractivity contribution in [1.82, 2.24) is 0 Å². The molecule has 0 aliphatic heterocycles. The number of carbonyl (C=O) groups is 2. The number of amides is 1. The standard InChI is InChI=1S/C26H27BrN2O4S/c1-26(2,3)20-10-8-18(9-11-20)25(31)19-6-5-7-22(16-19)28-24(30)17-29(34(4,32)33)23-14-12-21(27)13-15-23/h5-16H,17H2,1-4H3,(H,28,30). The van der Waals surface area contributed by atoms with Crippen LogP contribution in [0.4, 0.5) is 11.4 Å². The first-order valence-corrected chi connectivity index (χ1v) is 13.3. The number of hydrogen-bond donors (Lipinski definition) is 1. The molecule has 6 nitrogen and oxygen atoms in total. The van der Waals surface area contributed by atoms with Crippen LogP contribution >= 0.6 is 15.9 Å². The van der Waals surface area contributed by atoms with Crippen LogP contribution in [0.2, 0.25) is 0 Å². The van der Waals surface area contributed by atoms with Gasteiger partial charge in [0.25, 0.3) is 0 Å². The highest BCUT2D eigenvalue weighted by atomic mass is 79.9. The number of carbonyl (C=O) groups excluding carboxylic acids is 2. The number of hydrogen-bond acceptors (Lipinski definition) is 4. The summed E-state index contributed by atoms with van der Waals surface area (Å²) in [6.07, 6.45) is 1.05. The summed E-state index contributed by atoms with van der Waals surface area (Å²) in [5.41, 5.74) is 2.88. The van der Waals surface area contributed by atoms with Crippen molar-refractivity contribution in [2.45, 2.75) is 26.2 Å². The summed E-state index contributed by atoms with van der Waals surface area (Å²) in [5.74, 6) is -0.684. The number of sulfonamides is 1. The van der Waals surface area contributed by atoms with Gasteiger partial charge < -0.3 is 5.32 Å². The molecule has 0 atom stereocenters. The van der Waals surface area contributed by atoms with Crippen LogP contribution in [0.15, 0.2) is 77.3 Å². The minimum atomic E-state index is -3.69. The van der Waals surface area contributed by atoms with E-state index < -0.39 is 22.5 Å². The molecule has 3 aromatic carbocycles. The van der Waals surface area contributed by atoms with Crippen LogP contribution in [-0.2, 0) is 20.2 Å². The Morgan fingerprint density at radius 1 is 0.912 bits per heavy atom. The summed E-state index contributed by atoms with van der Waals surface area (Å²) in [6, 6.07) is 20.7. The third kappa shape index (κ3) is 6.55. The quantitative estimate of drug-likeness (QED) is 0.406. The molecule has 0 aliphatic rings. The largest absolute Gasteiger partial charge is 0.324 e. The average molecular weight is 543 g/mol. The molecule has 0 fully saturated rings. The molecule has 1 N–H and O–H groups in total. The van der Waals surface area contributed by atoms with E-state index in [-0.39, 0.29) is 11.2 Å². The Kier molecular flexibility index (Phi) is 7.63. The van der Waals surface area contributed by atoms with Crippen molar-refractivity contribution in [3.05, 3.63) is 94.0 Å². The van der Waals surface area contributed by atoms with E-state index in [4.69, 9.17) is 0 Å². The molecule has 0 saturated carbocycles. The highest BCUT2D eigenvalue weighted by Gasteiger charge is 2.21. The summed E-state index contributed by atoms with van der Waals surface area (Å²) in [4.78, 5) is 25.6. The van der Waals surface area contributed by atoms with Crippen LogP contribution in [0, 0.1) is 0 Å². The number of nitrogens with zero attached hydrogens (tertiary/aromatic N) is 1. The fourth-order valence-corrected chi connectivity index (χ4v) is 4.49. The predicted octanol–water partition coefficient (Wildman–Crippen LogP) is 5.38. The molecule has 0 aromatic heterocycles. The molecule has 34 heavy (non-hydrogen) atoms. The van der Waals surface area contributed by atoms with Gasteiger partial charge in [-0.05, 0) is 47.4 Å². The number of rotatable bonds is 7. The van der Waals surface area contributed by atoms with Crippen molar-refractivity contribution in [3.63, 3.8) is 0 Å². The van der Waals surface area contributed by atoms with E-state index in [0.29, 0.717) is 22.5 Å². The van der Waals surface area contributed by atoms with Crippen molar-refractivity contribution < 1.29 is 18.0 Å². The number of benzene rings is 3. The smallest absolute Gasteiger partial charge is 0.245 e. The summed E-state index contributed by atoms with van der Waals surface area (Å²) in [5, 5.41) is 2.69. The number of halogens is 1. The minimum absolute atomic E-state index is 0.0120. The van der Waals surface area contributed by atoms with E-state index in [1.807, 2.05) is 12.1 Å². The van der Waals surface area contributed by atoms with Crippen LogP contribution in [0.25, 0.3) is 0 Å². The first-order chi connectivity index (χ1) is 15.8. The molecule has 3 aromatic rings. The molecular formula is C26H27BrN2O4S.